The summed E-state index contributed by atoms with van der Waals surface area (Å²) in [4.78, 5) is 13.5. The molecule has 1 heterocycles. The van der Waals surface area contributed by atoms with Crippen molar-refractivity contribution in [1.29, 1.82) is 0 Å². The van der Waals surface area contributed by atoms with Crippen molar-refractivity contribution < 1.29 is 9.53 Å². The van der Waals surface area contributed by atoms with E-state index in [1.165, 1.54) is 11.1 Å². The molecule has 6 nitrogen and oxygen atoms in total. The summed E-state index contributed by atoms with van der Waals surface area (Å²) in [5, 5.41) is 12.8. The number of aromatic nitrogens is 3. The van der Waals surface area contributed by atoms with Gasteiger partial charge in [0.05, 0.1) is 19.1 Å². The highest BCUT2D eigenvalue weighted by Crippen LogP contribution is 2.42. The summed E-state index contributed by atoms with van der Waals surface area (Å²) < 4.78 is 7.32. The monoisotopic (exact) mass is 476 g/mol. The smallest absolute Gasteiger partial charge is 0.231 e. The van der Waals surface area contributed by atoms with E-state index in [2.05, 4.69) is 53.3 Å². The van der Waals surface area contributed by atoms with Crippen molar-refractivity contribution >= 4 is 17.7 Å². The molecule has 0 radical (unpaired) electrons. The lowest BCUT2D eigenvalue weighted by Gasteiger charge is -2.28. The van der Waals surface area contributed by atoms with Crippen molar-refractivity contribution in [2.24, 2.45) is 0 Å². The Morgan fingerprint density at radius 1 is 1.21 bits per heavy atom. The summed E-state index contributed by atoms with van der Waals surface area (Å²) in [5.74, 6) is 2.40. The predicted octanol–water partition coefficient (Wildman–Crippen LogP) is 5.20. The maximum absolute atomic E-state index is 13.5. The quantitative estimate of drug-likeness (QED) is 0.322. The number of nitrogens with zero attached hydrogens (tertiary/aromatic N) is 3. The van der Waals surface area contributed by atoms with Crippen LogP contribution in [0.3, 0.4) is 0 Å². The molecule has 2 aromatic carbocycles. The third-order valence-electron chi connectivity index (χ3n) is 6.50. The van der Waals surface area contributed by atoms with E-state index in [4.69, 9.17) is 4.74 Å². The normalized spacial score (nSPS) is 14.6. The van der Waals surface area contributed by atoms with Crippen molar-refractivity contribution in [2.45, 2.75) is 62.0 Å². The Hall–Kier alpha value is -3.06. The first kappa shape index (κ1) is 24.1. The molecular weight excluding hydrogens is 444 g/mol. The fourth-order valence-corrected chi connectivity index (χ4v) is 5.59. The molecule has 1 saturated carbocycles. The van der Waals surface area contributed by atoms with E-state index >= 15 is 0 Å². The number of carbonyl (C=O) groups is 1. The molecule has 0 aliphatic heterocycles. The van der Waals surface area contributed by atoms with Crippen molar-refractivity contribution in [1.82, 2.24) is 20.1 Å². The summed E-state index contributed by atoms with van der Waals surface area (Å²) in [6, 6.07) is 16.4. The Bertz CT molecular complexity index is 1130. The van der Waals surface area contributed by atoms with Crippen LogP contribution in [-0.4, -0.2) is 27.8 Å². The topological polar surface area (TPSA) is 69.0 Å². The van der Waals surface area contributed by atoms with E-state index in [0.29, 0.717) is 13.1 Å². The molecule has 0 spiro atoms. The highest BCUT2D eigenvalue weighted by molar-refractivity contribution is 7.98. The van der Waals surface area contributed by atoms with Gasteiger partial charge in [-0.3, -0.25) is 4.79 Å². The van der Waals surface area contributed by atoms with E-state index in [9.17, 15) is 4.79 Å². The van der Waals surface area contributed by atoms with Gasteiger partial charge in [-0.2, -0.15) is 0 Å². The zero-order valence-electron chi connectivity index (χ0n) is 19.9. The molecule has 1 N–H and O–H groups in total. The SMILES string of the molecule is C=CCn1c(CNC(=O)C2(c3ccc(OC)cc3)CCCC2)nnc1SCc1cccc(C)c1. The van der Waals surface area contributed by atoms with Gasteiger partial charge >= 0.3 is 0 Å². The van der Waals surface area contributed by atoms with Gasteiger partial charge in [0.25, 0.3) is 0 Å². The highest BCUT2D eigenvalue weighted by atomic mass is 32.2. The number of aryl methyl sites for hydroxylation is 1. The van der Waals surface area contributed by atoms with Crippen LogP contribution in [-0.2, 0) is 29.1 Å². The lowest BCUT2D eigenvalue weighted by Crippen LogP contribution is -2.42. The molecule has 1 aliphatic rings. The van der Waals surface area contributed by atoms with Crippen molar-refractivity contribution in [3.05, 3.63) is 83.7 Å². The molecule has 4 rings (SSSR count). The minimum absolute atomic E-state index is 0.0530. The summed E-state index contributed by atoms with van der Waals surface area (Å²) in [6.45, 7) is 6.91. The summed E-state index contributed by atoms with van der Waals surface area (Å²) in [5.41, 5.74) is 3.03. The Morgan fingerprint density at radius 3 is 2.65 bits per heavy atom. The first-order valence-corrected chi connectivity index (χ1v) is 12.7. The van der Waals surface area contributed by atoms with Crippen LogP contribution in [0.15, 0.2) is 66.3 Å². The molecular formula is C27H32N4O2S. The molecule has 7 heteroatoms. The van der Waals surface area contributed by atoms with E-state index in [1.54, 1.807) is 18.9 Å². The average molecular weight is 477 g/mol. The molecule has 0 unspecified atom stereocenters. The van der Waals surface area contributed by atoms with Crippen molar-refractivity contribution in [3.63, 3.8) is 0 Å². The number of methoxy groups -OCH3 is 1. The third-order valence-corrected chi connectivity index (χ3v) is 7.53. The lowest BCUT2D eigenvalue weighted by atomic mass is 9.78. The number of hydrogen-bond donors (Lipinski definition) is 1. The highest BCUT2D eigenvalue weighted by Gasteiger charge is 2.42. The number of thioether (sulfide) groups is 1. The number of benzene rings is 2. The first-order chi connectivity index (χ1) is 16.6. The first-order valence-electron chi connectivity index (χ1n) is 11.7. The summed E-state index contributed by atoms with van der Waals surface area (Å²) >= 11 is 1.65. The van der Waals surface area contributed by atoms with Crippen LogP contribution in [0, 0.1) is 6.92 Å². The van der Waals surface area contributed by atoms with Crippen molar-refractivity contribution in [2.75, 3.05) is 7.11 Å². The lowest BCUT2D eigenvalue weighted by molar-refractivity contribution is -0.126. The number of hydrogen-bond acceptors (Lipinski definition) is 5. The van der Waals surface area contributed by atoms with Gasteiger partial charge in [-0.05, 0) is 43.0 Å². The number of amides is 1. The minimum Gasteiger partial charge on any atom is -0.497 e. The zero-order valence-corrected chi connectivity index (χ0v) is 20.7. The molecule has 3 aromatic rings. The summed E-state index contributed by atoms with van der Waals surface area (Å²) in [7, 11) is 1.65. The van der Waals surface area contributed by atoms with Crippen LogP contribution >= 0.6 is 11.8 Å². The molecule has 0 bridgehead atoms. The second-order valence-corrected chi connectivity index (χ2v) is 9.72. The molecule has 1 aliphatic carbocycles. The Balaban J connectivity index is 1.47. The standard InChI is InChI=1S/C27H32N4O2S/c1-4-16-31-24(29-30-26(31)34-19-21-9-7-8-20(2)17-21)18-28-25(32)27(14-5-6-15-27)22-10-12-23(33-3)13-11-22/h4,7-13,17H,1,5-6,14-16,18-19H2,2-3H3,(H,28,32). The molecule has 0 saturated heterocycles. The van der Waals surface area contributed by atoms with Gasteiger partial charge in [0.2, 0.25) is 5.91 Å². The second kappa shape index (κ2) is 10.9. The number of nitrogens with one attached hydrogen (secondary N) is 1. The zero-order chi connectivity index (χ0) is 24.0. The molecule has 34 heavy (non-hydrogen) atoms. The van der Waals surface area contributed by atoms with Crippen molar-refractivity contribution in [3.8, 4) is 5.75 Å². The van der Waals surface area contributed by atoms with Crippen LogP contribution in [0.2, 0.25) is 0 Å². The Morgan fingerprint density at radius 2 is 1.97 bits per heavy atom. The fraction of sp³-hybridized carbons (Fsp3) is 0.370. The Kier molecular flexibility index (Phi) is 7.73. The molecule has 1 amide bonds. The largest absolute Gasteiger partial charge is 0.497 e. The maximum Gasteiger partial charge on any atom is 0.231 e. The molecule has 1 fully saturated rings. The molecule has 178 valence electrons. The van der Waals surface area contributed by atoms with E-state index in [1.807, 2.05) is 34.9 Å². The van der Waals surface area contributed by atoms with E-state index in [0.717, 1.165) is 53.7 Å². The van der Waals surface area contributed by atoms with E-state index in [-0.39, 0.29) is 5.91 Å². The van der Waals surface area contributed by atoms with Gasteiger partial charge < -0.3 is 14.6 Å². The second-order valence-electron chi connectivity index (χ2n) is 8.78. The minimum atomic E-state index is -0.502. The number of carbonyl (C=O) groups excluding carboxylic acids is 1. The van der Waals surface area contributed by atoms with Crippen LogP contribution in [0.5, 0.6) is 5.75 Å². The van der Waals surface area contributed by atoms with Gasteiger partial charge in [-0.15, -0.1) is 16.8 Å². The van der Waals surface area contributed by atoms with Gasteiger partial charge in [0, 0.05) is 12.3 Å². The van der Waals surface area contributed by atoms with Crippen LogP contribution < -0.4 is 10.1 Å². The maximum atomic E-state index is 13.5. The predicted molar refractivity (Wildman–Crippen MR) is 136 cm³/mol. The number of allylic oxidation sites excluding steroid dienone is 1. The Labute approximate surface area is 205 Å². The molecule has 0 atom stereocenters. The van der Waals surface area contributed by atoms with Gasteiger partial charge in [-0.1, -0.05) is 72.6 Å². The van der Waals surface area contributed by atoms with Crippen LogP contribution in [0.4, 0.5) is 0 Å². The fourth-order valence-electron chi connectivity index (χ4n) is 4.68. The summed E-state index contributed by atoms with van der Waals surface area (Å²) in [6.07, 6.45) is 5.63. The van der Waals surface area contributed by atoms with Crippen LogP contribution in [0.25, 0.3) is 0 Å². The average Bonchev–Trinajstić information content (AvgIpc) is 3.50. The van der Waals surface area contributed by atoms with Crippen LogP contribution in [0.1, 0.15) is 48.2 Å². The third kappa shape index (κ3) is 5.20. The number of rotatable bonds is 10. The molecule has 1 aromatic heterocycles. The van der Waals surface area contributed by atoms with Gasteiger partial charge in [-0.25, -0.2) is 0 Å². The van der Waals surface area contributed by atoms with Gasteiger partial charge in [0.15, 0.2) is 11.0 Å². The van der Waals surface area contributed by atoms with Gasteiger partial charge in [0.1, 0.15) is 5.75 Å². The number of ether oxygens (including phenoxy) is 1. The van der Waals surface area contributed by atoms with E-state index < -0.39 is 5.41 Å².